The lowest BCUT2D eigenvalue weighted by molar-refractivity contribution is 0.0606. The molecule has 0 amide bonds. The maximum absolute atomic E-state index is 11.6. The number of methoxy groups -OCH3 is 2. The lowest BCUT2D eigenvalue weighted by atomic mass is 9.96. The molecule has 1 aromatic carbocycles. The number of thiazole rings is 1. The van der Waals surface area contributed by atoms with E-state index in [1.54, 1.807) is 7.11 Å². The van der Waals surface area contributed by atoms with E-state index in [4.69, 9.17) is 21.1 Å². The summed E-state index contributed by atoms with van der Waals surface area (Å²) < 4.78 is 9.88. The van der Waals surface area contributed by atoms with Crippen molar-refractivity contribution in [2.24, 2.45) is 5.92 Å². The molecule has 1 heterocycles. The van der Waals surface area contributed by atoms with Crippen molar-refractivity contribution in [2.45, 2.75) is 19.9 Å². The molecule has 2 aromatic rings. The van der Waals surface area contributed by atoms with Crippen LogP contribution in [-0.4, -0.2) is 25.2 Å². The minimum absolute atomic E-state index is 0.0358. The number of aromatic nitrogens is 1. The number of hydrogen-bond acceptors (Lipinski definition) is 6. The van der Waals surface area contributed by atoms with Gasteiger partial charge in [0, 0.05) is 0 Å². The van der Waals surface area contributed by atoms with Gasteiger partial charge in [-0.1, -0.05) is 48.9 Å². The predicted octanol–water partition coefficient (Wildman–Crippen LogP) is 4.40. The van der Waals surface area contributed by atoms with E-state index in [0.29, 0.717) is 15.9 Å². The molecular weight excluding hydrogens is 336 g/mol. The number of anilines is 1. The second kappa shape index (κ2) is 7.66. The Bertz CT molecular complexity index is 670. The van der Waals surface area contributed by atoms with Gasteiger partial charge in [0.05, 0.1) is 20.3 Å². The second-order valence-electron chi connectivity index (χ2n) is 5.27. The molecule has 0 radical (unpaired) electrons. The molecule has 0 saturated carbocycles. The molecule has 1 unspecified atom stereocenters. The Balaban J connectivity index is 2.24. The van der Waals surface area contributed by atoms with Crippen LogP contribution in [0.5, 0.6) is 5.75 Å². The van der Waals surface area contributed by atoms with Crippen LogP contribution in [0.15, 0.2) is 24.3 Å². The molecule has 1 aromatic heterocycles. The Morgan fingerprint density at radius 2 is 1.91 bits per heavy atom. The van der Waals surface area contributed by atoms with Crippen molar-refractivity contribution in [1.29, 1.82) is 0 Å². The first-order valence-electron chi connectivity index (χ1n) is 7.11. The fraction of sp³-hybridized carbons (Fsp3) is 0.375. The third kappa shape index (κ3) is 4.14. The van der Waals surface area contributed by atoms with Crippen molar-refractivity contribution in [3.8, 4) is 5.75 Å². The molecule has 5 nitrogen and oxygen atoms in total. The summed E-state index contributed by atoms with van der Waals surface area (Å²) in [7, 11) is 2.96. The molecule has 0 fully saturated rings. The molecule has 0 bridgehead atoms. The fourth-order valence-electron chi connectivity index (χ4n) is 2.16. The van der Waals surface area contributed by atoms with Gasteiger partial charge in [0.2, 0.25) is 0 Å². The van der Waals surface area contributed by atoms with Crippen LogP contribution >= 0.6 is 22.9 Å². The third-order valence-electron chi connectivity index (χ3n) is 3.38. The van der Waals surface area contributed by atoms with Crippen LogP contribution in [0.4, 0.5) is 5.13 Å². The predicted molar refractivity (Wildman–Crippen MR) is 92.7 cm³/mol. The zero-order valence-corrected chi connectivity index (χ0v) is 15.0. The van der Waals surface area contributed by atoms with Gasteiger partial charge in [-0.05, 0) is 23.6 Å². The first-order valence-corrected chi connectivity index (χ1v) is 8.30. The molecule has 0 saturated heterocycles. The number of halogens is 1. The number of benzene rings is 1. The molecule has 1 N–H and O–H groups in total. The van der Waals surface area contributed by atoms with Crippen molar-refractivity contribution < 1.29 is 14.3 Å². The SMILES string of the molecule is COC(=O)c1sc(NC(c2ccc(OC)cc2)C(C)C)nc1Cl. The van der Waals surface area contributed by atoms with Crippen LogP contribution in [-0.2, 0) is 4.74 Å². The first-order chi connectivity index (χ1) is 11.0. The number of carbonyl (C=O) groups is 1. The Morgan fingerprint density at radius 1 is 1.26 bits per heavy atom. The van der Waals surface area contributed by atoms with Crippen LogP contribution in [0.2, 0.25) is 5.15 Å². The summed E-state index contributed by atoms with van der Waals surface area (Å²) in [4.78, 5) is 16.1. The maximum atomic E-state index is 11.6. The van der Waals surface area contributed by atoms with Crippen LogP contribution in [0.25, 0.3) is 0 Å². The highest BCUT2D eigenvalue weighted by Crippen LogP contribution is 2.33. The number of nitrogens with one attached hydrogen (secondary N) is 1. The van der Waals surface area contributed by atoms with Gasteiger partial charge in [-0.25, -0.2) is 9.78 Å². The summed E-state index contributed by atoms with van der Waals surface area (Å²) in [6.07, 6.45) is 0. The topological polar surface area (TPSA) is 60.5 Å². The normalized spacial score (nSPS) is 12.1. The van der Waals surface area contributed by atoms with E-state index < -0.39 is 5.97 Å². The van der Waals surface area contributed by atoms with E-state index in [2.05, 4.69) is 24.1 Å². The Morgan fingerprint density at radius 3 is 2.43 bits per heavy atom. The second-order valence-corrected chi connectivity index (χ2v) is 6.63. The summed E-state index contributed by atoms with van der Waals surface area (Å²) in [5, 5.41) is 4.09. The molecule has 23 heavy (non-hydrogen) atoms. The van der Waals surface area contributed by atoms with Gasteiger partial charge in [-0.3, -0.25) is 0 Å². The number of esters is 1. The van der Waals surface area contributed by atoms with Crippen LogP contribution < -0.4 is 10.1 Å². The highest BCUT2D eigenvalue weighted by Gasteiger charge is 2.21. The van der Waals surface area contributed by atoms with Crippen molar-refractivity contribution >= 4 is 34.0 Å². The zero-order chi connectivity index (χ0) is 17.0. The third-order valence-corrected chi connectivity index (χ3v) is 4.73. The summed E-state index contributed by atoms with van der Waals surface area (Å²) in [5.41, 5.74) is 1.10. The van der Waals surface area contributed by atoms with E-state index in [1.165, 1.54) is 18.4 Å². The highest BCUT2D eigenvalue weighted by molar-refractivity contribution is 7.18. The van der Waals surface area contributed by atoms with Crippen molar-refractivity contribution in [1.82, 2.24) is 4.98 Å². The largest absolute Gasteiger partial charge is 0.497 e. The molecule has 1 atom stereocenters. The minimum Gasteiger partial charge on any atom is -0.497 e. The van der Waals surface area contributed by atoms with Gasteiger partial charge in [-0.15, -0.1) is 0 Å². The number of rotatable bonds is 6. The molecule has 0 aliphatic heterocycles. The standard InChI is InChI=1S/C16H19ClN2O3S/c1-9(2)12(10-5-7-11(21-3)8-6-10)18-16-19-14(17)13(23-16)15(20)22-4/h5-9,12H,1-4H3,(H,18,19). The van der Waals surface area contributed by atoms with Crippen LogP contribution in [0.1, 0.15) is 35.1 Å². The van der Waals surface area contributed by atoms with Crippen LogP contribution in [0, 0.1) is 5.92 Å². The van der Waals surface area contributed by atoms with Gasteiger partial charge < -0.3 is 14.8 Å². The van der Waals surface area contributed by atoms with E-state index >= 15 is 0 Å². The molecule has 2 rings (SSSR count). The first kappa shape index (κ1) is 17.6. The minimum atomic E-state index is -0.480. The van der Waals surface area contributed by atoms with Crippen molar-refractivity contribution in [3.05, 3.63) is 39.9 Å². The maximum Gasteiger partial charge on any atom is 0.351 e. The van der Waals surface area contributed by atoms with E-state index in [0.717, 1.165) is 11.3 Å². The molecule has 0 aliphatic rings. The number of hydrogen-bond donors (Lipinski definition) is 1. The van der Waals surface area contributed by atoms with E-state index in [9.17, 15) is 4.79 Å². The molecular formula is C16H19ClN2O3S. The average Bonchev–Trinajstić information content (AvgIpc) is 2.92. The lowest BCUT2D eigenvalue weighted by Gasteiger charge is -2.22. The van der Waals surface area contributed by atoms with Gasteiger partial charge in [0.15, 0.2) is 15.2 Å². The lowest BCUT2D eigenvalue weighted by Crippen LogP contribution is -2.16. The molecule has 0 spiro atoms. The van der Waals surface area contributed by atoms with Crippen LogP contribution in [0.3, 0.4) is 0 Å². The quantitative estimate of drug-likeness (QED) is 0.779. The fourth-order valence-corrected chi connectivity index (χ4v) is 3.30. The zero-order valence-electron chi connectivity index (χ0n) is 13.4. The molecule has 0 aliphatic carbocycles. The Hall–Kier alpha value is -1.79. The molecule has 124 valence electrons. The molecule has 7 heteroatoms. The van der Waals surface area contributed by atoms with Crippen molar-refractivity contribution in [3.63, 3.8) is 0 Å². The Kier molecular flexibility index (Phi) is 5.85. The van der Waals surface area contributed by atoms with Crippen molar-refractivity contribution in [2.75, 3.05) is 19.5 Å². The summed E-state index contributed by atoms with van der Waals surface area (Å²) >= 11 is 7.20. The monoisotopic (exact) mass is 354 g/mol. The van der Waals surface area contributed by atoms with E-state index in [1.807, 2.05) is 24.3 Å². The number of nitrogens with zero attached hydrogens (tertiary/aromatic N) is 1. The Labute approximate surface area is 144 Å². The summed E-state index contributed by atoms with van der Waals surface area (Å²) in [6.45, 7) is 4.22. The van der Waals surface area contributed by atoms with Gasteiger partial charge in [0.1, 0.15) is 5.75 Å². The van der Waals surface area contributed by atoms with Gasteiger partial charge in [-0.2, -0.15) is 0 Å². The highest BCUT2D eigenvalue weighted by atomic mass is 35.5. The number of carbonyl (C=O) groups excluding carboxylic acids is 1. The van der Waals surface area contributed by atoms with Gasteiger partial charge in [0.25, 0.3) is 0 Å². The summed E-state index contributed by atoms with van der Waals surface area (Å²) in [6, 6.07) is 7.89. The number of ether oxygens (including phenoxy) is 2. The van der Waals surface area contributed by atoms with E-state index in [-0.39, 0.29) is 11.2 Å². The summed E-state index contributed by atoms with van der Waals surface area (Å²) in [5.74, 6) is 0.639. The smallest absolute Gasteiger partial charge is 0.351 e. The van der Waals surface area contributed by atoms with Gasteiger partial charge >= 0.3 is 5.97 Å². The average molecular weight is 355 g/mol.